The van der Waals surface area contributed by atoms with E-state index >= 15 is 0 Å². The standard InChI is InChI=1S/C10H7F3N2O3S/c1-17-8(16)4-2-5(18-10(11,12)13)7-6(3-4)19-9(14)15-7/h2-3H,1H3,(H2,14,15). The number of halogens is 3. The van der Waals surface area contributed by atoms with Gasteiger partial charge in [0, 0.05) is 0 Å². The van der Waals surface area contributed by atoms with Crippen molar-refractivity contribution in [3.05, 3.63) is 17.7 Å². The van der Waals surface area contributed by atoms with Crippen LogP contribution < -0.4 is 10.5 Å². The van der Waals surface area contributed by atoms with Crippen LogP contribution in [0, 0.1) is 0 Å². The van der Waals surface area contributed by atoms with Gasteiger partial charge in [-0.15, -0.1) is 13.2 Å². The highest BCUT2D eigenvalue weighted by atomic mass is 32.1. The van der Waals surface area contributed by atoms with Crippen molar-refractivity contribution in [1.29, 1.82) is 0 Å². The summed E-state index contributed by atoms with van der Waals surface area (Å²) < 4.78 is 45.5. The molecule has 9 heteroatoms. The normalized spacial score (nSPS) is 11.6. The van der Waals surface area contributed by atoms with Gasteiger partial charge in [-0.05, 0) is 12.1 Å². The van der Waals surface area contributed by atoms with Gasteiger partial charge in [0.05, 0.1) is 17.4 Å². The number of hydrogen-bond donors (Lipinski definition) is 1. The van der Waals surface area contributed by atoms with E-state index in [0.29, 0.717) is 4.70 Å². The number of nitrogen functional groups attached to an aromatic ring is 1. The molecule has 0 radical (unpaired) electrons. The van der Waals surface area contributed by atoms with E-state index in [1.807, 2.05) is 0 Å². The average Bonchev–Trinajstić information content (AvgIpc) is 2.66. The molecule has 0 aliphatic carbocycles. The van der Waals surface area contributed by atoms with Crippen LogP contribution in [-0.4, -0.2) is 24.4 Å². The number of methoxy groups -OCH3 is 1. The molecule has 0 unspecified atom stereocenters. The Hall–Kier alpha value is -2.03. The first-order chi connectivity index (χ1) is 8.80. The number of anilines is 1. The second-order valence-electron chi connectivity index (χ2n) is 3.41. The zero-order valence-electron chi connectivity index (χ0n) is 9.45. The molecule has 1 aromatic carbocycles. The highest BCUT2D eigenvalue weighted by Crippen LogP contribution is 2.35. The Kier molecular flexibility index (Phi) is 3.23. The lowest BCUT2D eigenvalue weighted by atomic mass is 10.2. The molecule has 0 saturated heterocycles. The van der Waals surface area contributed by atoms with Crippen molar-refractivity contribution < 1.29 is 27.4 Å². The fraction of sp³-hybridized carbons (Fsp3) is 0.200. The van der Waals surface area contributed by atoms with E-state index in [0.717, 1.165) is 24.5 Å². The minimum absolute atomic E-state index is 0.0486. The molecule has 0 saturated carbocycles. The third kappa shape index (κ3) is 2.87. The number of thiazole rings is 1. The largest absolute Gasteiger partial charge is 0.573 e. The Morgan fingerprint density at radius 1 is 1.42 bits per heavy atom. The Morgan fingerprint density at radius 3 is 2.68 bits per heavy atom. The fourth-order valence-corrected chi connectivity index (χ4v) is 2.25. The van der Waals surface area contributed by atoms with Crippen LogP contribution in [0.1, 0.15) is 10.4 Å². The number of nitrogens with zero attached hydrogens (tertiary/aromatic N) is 1. The molecule has 0 atom stereocenters. The van der Waals surface area contributed by atoms with Crippen LogP contribution in [0.5, 0.6) is 5.75 Å². The number of rotatable bonds is 2. The summed E-state index contributed by atoms with van der Waals surface area (Å²) in [5.74, 6) is -1.36. The molecule has 0 aliphatic rings. The van der Waals surface area contributed by atoms with Crippen molar-refractivity contribution in [3.63, 3.8) is 0 Å². The SMILES string of the molecule is COC(=O)c1cc(OC(F)(F)F)c2nc(N)sc2c1. The van der Waals surface area contributed by atoms with Gasteiger partial charge < -0.3 is 15.2 Å². The van der Waals surface area contributed by atoms with Gasteiger partial charge in [0.2, 0.25) is 0 Å². The van der Waals surface area contributed by atoms with Crippen molar-refractivity contribution in [2.75, 3.05) is 12.8 Å². The molecule has 5 nitrogen and oxygen atoms in total. The van der Waals surface area contributed by atoms with Gasteiger partial charge in [-0.25, -0.2) is 9.78 Å². The second kappa shape index (κ2) is 4.57. The van der Waals surface area contributed by atoms with Crippen molar-refractivity contribution in [3.8, 4) is 5.75 Å². The maximum Gasteiger partial charge on any atom is 0.573 e. The summed E-state index contributed by atoms with van der Waals surface area (Å²) in [6, 6.07) is 2.26. The molecule has 0 spiro atoms. The molecule has 0 fully saturated rings. The summed E-state index contributed by atoms with van der Waals surface area (Å²) in [5, 5.41) is 0.0732. The third-order valence-corrected chi connectivity index (χ3v) is 2.95. The number of carbonyl (C=O) groups is 1. The van der Waals surface area contributed by atoms with Gasteiger partial charge >= 0.3 is 12.3 Å². The first-order valence-corrected chi connectivity index (χ1v) is 5.66. The van der Waals surface area contributed by atoms with Crippen molar-refractivity contribution in [2.24, 2.45) is 0 Å². The topological polar surface area (TPSA) is 74.4 Å². The van der Waals surface area contributed by atoms with Gasteiger partial charge in [0.1, 0.15) is 5.52 Å². The Morgan fingerprint density at radius 2 is 2.11 bits per heavy atom. The summed E-state index contributed by atoms with van der Waals surface area (Å²) in [6.45, 7) is 0. The fourth-order valence-electron chi connectivity index (χ4n) is 1.45. The Bertz CT molecular complexity index is 639. The van der Waals surface area contributed by atoms with Gasteiger partial charge in [-0.2, -0.15) is 0 Å². The van der Waals surface area contributed by atoms with Gasteiger partial charge in [0.15, 0.2) is 10.9 Å². The molecule has 2 N–H and O–H groups in total. The van der Waals surface area contributed by atoms with E-state index in [-0.39, 0.29) is 16.2 Å². The molecule has 1 aromatic heterocycles. The summed E-state index contributed by atoms with van der Waals surface area (Å²) >= 11 is 0.946. The molecule has 0 aliphatic heterocycles. The van der Waals surface area contributed by atoms with Gasteiger partial charge in [0.25, 0.3) is 0 Å². The number of ether oxygens (including phenoxy) is 2. The number of benzene rings is 1. The summed E-state index contributed by atoms with van der Waals surface area (Å²) in [6.07, 6.45) is -4.89. The lowest BCUT2D eigenvalue weighted by molar-refractivity contribution is -0.274. The molecular formula is C10H7F3N2O3S. The highest BCUT2D eigenvalue weighted by molar-refractivity contribution is 7.22. The van der Waals surface area contributed by atoms with Gasteiger partial charge in [-0.3, -0.25) is 0 Å². The van der Waals surface area contributed by atoms with E-state index in [1.54, 1.807) is 0 Å². The van der Waals surface area contributed by atoms with Crippen LogP contribution in [0.15, 0.2) is 12.1 Å². The van der Waals surface area contributed by atoms with Crippen LogP contribution in [0.25, 0.3) is 10.2 Å². The molecule has 0 bridgehead atoms. The van der Waals surface area contributed by atoms with E-state index in [2.05, 4.69) is 14.5 Å². The number of alkyl halides is 3. The lowest BCUT2D eigenvalue weighted by Gasteiger charge is -2.10. The average molecular weight is 292 g/mol. The maximum absolute atomic E-state index is 12.3. The zero-order chi connectivity index (χ0) is 14.2. The quantitative estimate of drug-likeness (QED) is 0.861. The van der Waals surface area contributed by atoms with E-state index < -0.39 is 18.1 Å². The number of aromatic nitrogens is 1. The second-order valence-corrected chi connectivity index (χ2v) is 4.47. The summed E-state index contributed by atoms with van der Waals surface area (Å²) in [5.41, 5.74) is 5.32. The number of carbonyl (C=O) groups excluding carboxylic acids is 1. The predicted octanol–water partition coefficient (Wildman–Crippen LogP) is 2.56. The molecule has 1 heterocycles. The van der Waals surface area contributed by atoms with Crippen LogP contribution in [0.4, 0.5) is 18.3 Å². The van der Waals surface area contributed by atoms with Crippen molar-refractivity contribution in [1.82, 2.24) is 4.98 Å². The molecule has 102 valence electrons. The minimum atomic E-state index is -4.89. The van der Waals surface area contributed by atoms with Crippen LogP contribution in [0.2, 0.25) is 0 Å². The predicted molar refractivity (Wildman–Crippen MR) is 62.1 cm³/mol. The summed E-state index contributed by atoms with van der Waals surface area (Å²) in [4.78, 5) is 15.1. The third-order valence-electron chi connectivity index (χ3n) is 2.12. The highest BCUT2D eigenvalue weighted by Gasteiger charge is 2.33. The Balaban J connectivity index is 2.61. The van der Waals surface area contributed by atoms with E-state index in [4.69, 9.17) is 5.73 Å². The minimum Gasteiger partial charge on any atom is -0.465 e. The smallest absolute Gasteiger partial charge is 0.465 e. The van der Waals surface area contributed by atoms with Crippen molar-refractivity contribution in [2.45, 2.75) is 6.36 Å². The first-order valence-electron chi connectivity index (χ1n) is 4.84. The Labute approximate surface area is 108 Å². The zero-order valence-corrected chi connectivity index (χ0v) is 10.3. The van der Waals surface area contributed by atoms with E-state index in [9.17, 15) is 18.0 Å². The number of esters is 1. The molecule has 19 heavy (non-hydrogen) atoms. The van der Waals surface area contributed by atoms with Gasteiger partial charge in [-0.1, -0.05) is 11.3 Å². The van der Waals surface area contributed by atoms with Crippen LogP contribution in [-0.2, 0) is 4.74 Å². The molecule has 2 aromatic rings. The molecule has 2 rings (SSSR count). The lowest BCUT2D eigenvalue weighted by Crippen LogP contribution is -2.17. The number of hydrogen-bond acceptors (Lipinski definition) is 6. The number of nitrogens with two attached hydrogens (primary N) is 1. The molecule has 0 amide bonds. The monoisotopic (exact) mass is 292 g/mol. The van der Waals surface area contributed by atoms with Crippen LogP contribution in [0.3, 0.4) is 0 Å². The molecular weight excluding hydrogens is 285 g/mol. The van der Waals surface area contributed by atoms with Crippen molar-refractivity contribution >= 4 is 32.7 Å². The summed E-state index contributed by atoms with van der Waals surface area (Å²) in [7, 11) is 1.12. The van der Waals surface area contributed by atoms with Crippen LogP contribution >= 0.6 is 11.3 Å². The maximum atomic E-state index is 12.3. The number of fused-ring (bicyclic) bond motifs is 1. The van der Waals surface area contributed by atoms with E-state index in [1.165, 1.54) is 6.07 Å². The first kappa shape index (κ1) is 13.4.